The molecule has 5 rings (SSSR count). The fourth-order valence-electron chi connectivity index (χ4n) is 7.77. The molecule has 2 heterocycles. The maximum Gasteiger partial charge on any atom is 0.170 e. The van der Waals surface area contributed by atoms with Gasteiger partial charge in [0.1, 0.15) is 5.82 Å². The third kappa shape index (κ3) is 7.35. The highest BCUT2D eigenvalue weighted by atomic mass is 16.5. The van der Waals surface area contributed by atoms with Crippen molar-refractivity contribution in [2.45, 2.75) is 82.7 Å². The lowest BCUT2D eigenvalue weighted by Gasteiger charge is -2.43. The number of dihydropyridines is 1. The number of benzene rings is 1. The number of nitrogens with one attached hydrogen (secondary N) is 2. The second kappa shape index (κ2) is 14.9. The van der Waals surface area contributed by atoms with Gasteiger partial charge in [0.2, 0.25) is 0 Å². The molecule has 1 aromatic heterocycles. The number of phenols is 1. The van der Waals surface area contributed by atoms with Crippen LogP contribution in [-0.2, 0) is 22.4 Å². The average molecular weight is 648 g/mol. The van der Waals surface area contributed by atoms with Crippen molar-refractivity contribution in [3.8, 4) is 11.5 Å². The molecule has 8 N–H and O–H groups in total. The van der Waals surface area contributed by atoms with E-state index in [2.05, 4.69) is 10.3 Å². The molecular formula is C37H49N3O7. The number of aromatic hydroxyl groups is 1. The summed E-state index contributed by atoms with van der Waals surface area (Å²) in [5.41, 5.74) is 9.13. The van der Waals surface area contributed by atoms with E-state index < -0.39 is 29.0 Å². The number of aryl methyl sites for hydroxylation is 1. The number of hydrogen-bond donors (Lipinski definition) is 7. The van der Waals surface area contributed by atoms with Gasteiger partial charge in [-0.15, -0.1) is 0 Å². The fourth-order valence-corrected chi connectivity index (χ4v) is 7.77. The minimum absolute atomic E-state index is 0.0710. The maximum atomic E-state index is 13.0. The van der Waals surface area contributed by atoms with E-state index in [0.29, 0.717) is 42.8 Å². The molecule has 3 atom stereocenters. The lowest BCUT2D eigenvalue weighted by atomic mass is 9.61. The Morgan fingerprint density at radius 1 is 1.11 bits per heavy atom. The Morgan fingerprint density at radius 3 is 2.55 bits per heavy atom. The molecule has 0 saturated heterocycles. The number of fused-ring (bicyclic) bond motifs is 1. The first kappa shape index (κ1) is 34.5. The highest BCUT2D eigenvalue weighted by Crippen LogP contribution is 2.54. The van der Waals surface area contributed by atoms with Gasteiger partial charge in [0.05, 0.1) is 13.7 Å². The standard InChI is InChI=1S/C37H49N3O7/c1-47-31-20-24(9-10-30(44)34(46)29(43)8-5-15-36(22-41)13-3-2-4-14-36)19-28(33(31)45)32-26-12-18-40-35(38)27(26)11-16-37(32,23-42)21-25-7-6-17-39-25/h6-7,11-12,16-17,19-20,32,34,39-42,45-46H,2-5,8-10,13-15,18,21-23,38H2,1H3. The van der Waals surface area contributed by atoms with Crippen molar-refractivity contribution in [3.05, 3.63) is 82.5 Å². The van der Waals surface area contributed by atoms with Crippen LogP contribution in [0.5, 0.6) is 11.5 Å². The number of Topliss-reactive ketones (excluding diaryl/α,β-unsaturated/α-hetero) is 2. The molecule has 3 unspecified atom stereocenters. The minimum atomic E-state index is -1.70. The van der Waals surface area contributed by atoms with Crippen LogP contribution in [0.25, 0.3) is 0 Å². The topological polar surface area (TPSA) is 178 Å². The number of phenolic OH excluding ortho intramolecular Hbond substituents is 1. The SMILES string of the molecule is COc1cc(CCC(=O)C(O)C(=O)CCCC2(CO)CCCCC2)cc(C2C3=CCNC(N)=C3C=CC2(CO)Cc2ccc[nH]2)c1O. The predicted octanol–water partition coefficient (Wildman–Crippen LogP) is 3.85. The summed E-state index contributed by atoms with van der Waals surface area (Å²) in [7, 11) is 1.45. The molecular weight excluding hydrogens is 598 g/mol. The zero-order valence-electron chi connectivity index (χ0n) is 27.3. The number of aliphatic hydroxyl groups is 3. The second-order valence-electron chi connectivity index (χ2n) is 13.5. The monoisotopic (exact) mass is 647 g/mol. The van der Waals surface area contributed by atoms with Crippen molar-refractivity contribution in [1.82, 2.24) is 10.3 Å². The smallest absolute Gasteiger partial charge is 0.170 e. The van der Waals surface area contributed by atoms with Gasteiger partial charge in [-0.1, -0.05) is 43.6 Å². The third-order valence-corrected chi connectivity index (χ3v) is 10.5. The number of aromatic nitrogens is 1. The molecule has 1 fully saturated rings. The van der Waals surface area contributed by atoms with Crippen LogP contribution < -0.4 is 15.8 Å². The zero-order valence-corrected chi connectivity index (χ0v) is 27.3. The number of carbonyl (C=O) groups excluding carboxylic acids is 2. The highest BCUT2D eigenvalue weighted by molar-refractivity contribution is 6.05. The van der Waals surface area contributed by atoms with E-state index in [1.165, 1.54) is 7.11 Å². The van der Waals surface area contributed by atoms with Crippen molar-refractivity contribution in [2.75, 3.05) is 26.9 Å². The summed E-state index contributed by atoms with van der Waals surface area (Å²) >= 11 is 0. The van der Waals surface area contributed by atoms with Gasteiger partial charge in [0, 0.05) is 60.4 Å². The number of nitrogens with two attached hydrogens (primary N) is 1. The number of ketones is 2. The van der Waals surface area contributed by atoms with Gasteiger partial charge in [-0.3, -0.25) is 9.59 Å². The number of hydrogen-bond acceptors (Lipinski definition) is 9. The summed E-state index contributed by atoms with van der Waals surface area (Å²) in [6.45, 7) is 0.365. The van der Waals surface area contributed by atoms with Gasteiger partial charge in [0.15, 0.2) is 29.2 Å². The van der Waals surface area contributed by atoms with Crippen LogP contribution in [0.15, 0.2) is 65.7 Å². The van der Waals surface area contributed by atoms with Crippen molar-refractivity contribution >= 4 is 11.6 Å². The molecule has 47 heavy (non-hydrogen) atoms. The first-order chi connectivity index (χ1) is 22.7. The number of carbonyl (C=O) groups is 2. The summed E-state index contributed by atoms with van der Waals surface area (Å²) in [6, 6.07) is 7.33. The average Bonchev–Trinajstić information content (AvgIpc) is 3.60. The van der Waals surface area contributed by atoms with Crippen LogP contribution in [0.2, 0.25) is 0 Å². The Bertz CT molecular complexity index is 1520. The molecule has 0 amide bonds. The highest BCUT2D eigenvalue weighted by Gasteiger charge is 2.45. The summed E-state index contributed by atoms with van der Waals surface area (Å²) < 4.78 is 5.57. The number of methoxy groups -OCH3 is 1. The largest absolute Gasteiger partial charge is 0.504 e. The van der Waals surface area contributed by atoms with Crippen LogP contribution >= 0.6 is 0 Å². The molecule has 0 spiro atoms. The minimum Gasteiger partial charge on any atom is -0.504 e. The Balaban J connectivity index is 1.36. The molecule has 2 aromatic rings. The lowest BCUT2D eigenvalue weighted by molar-refractivity contribution is -0.138. The van der Waals surface area contributed by atoms with Gasteiger partial charge >= 0.3 is 0 Å². The molecule has 254 valence electrons. The lowest BCUT2D eigenvalue weighted by Crippen LogP contribution is -2.40. The third-order valence-electron chi connectivity index (χ3n) is 10.5. The molecule has 3 aliphatic rings. The first-order valence-electron chi connectivity index (χ1n) is 16.8. The number of allylic oxidation sites excluding steroid dienone is 3. The molecule has 1 aliphatic heterocycles. The van der Waals surface area contributed by atoms with E-state index in [9.17, 15) is 30.0 Å². The van der Waals surface area contributed by atoms with Gasteiger partial charge in [-0.25, -0.2) is 0 Å². The summed E-state index contributed by atoms with van der Waals surface area (Å²) in [5, 5.41) is 46.3. The number of H-pyrrole nitrogens is 1. The Hall–Kier alpha value is -3.86. The van der Waals surface area contributed by atoms with E-state index in [1.807, 2.05) is 42.6 Å². The molecule has 1 saturated carbocycles. The fraction of sp³-hybridized carbons (Fsp3) is 0.514. The summed E-state index contributed by atoms with van der Waals surface area (Å²) in [4.78, 5) is 29.0. The first-order valence-corrected chi connectivity index (χ1v) is 16.8. The van der Waals surface area contributed by atoms with Crippen molar-refractivity contribution in [2.24, 2.45) is 16.6 Å². The van der Waals surface area contributed by atoms with E-state index in [0.717, 1.165) is 48.9 Å². The van der Waals surface area contributed by atoms with Gasteiger partial charge < -0.3 is 41.2 Å². The van der Waals surface area contributed by atoms with Crippen LogP contribution in [0, 0.1) is 10.8 Å². The number of ether oxygens (including phenoxy) is 1. The molecule has 10 nitrogen and oxygen atoms in total. The van der Waals surface area contributed by atoms with Crippen LogP contribution in [0.1, 0.15) is 80.5 Å². The van der Waals surface area contributed by atoms with E-state index in [-0.39, 0.29) is 49.4 Å². The van der Waals surface area contributed by atoms with Crippen molar-refractivity contribution in [1.29, 1.82) is 0 Å². The molecule has 0 bridgehead atoms. The summed E-state index contributed by atoms with van der Waals surface area (Å²) in [5.74, 6) is -0.917. The molecule has 2 aliphatic carbocycles. The van der Waals surface area contributed by atoms with E-state index in [1.54, 1.807) is 6.07 Å². The number of rotatable bonds is 15. The van der Waals surface area contributed by atoms with Crippen LogP contribution in [-0.4, -0.2) is 69.9 Å². The van der Waals surface area contributed by atoms with Crippen molar-refractivity contribution in [3.63, 3.8) is 0 Å². The predicted molar refractivity (Wildman–Crippen MR) is 179 cm³/mol. The maximum absolute atomic E-state index is 13.0. The van der Waals surface area contributed by atoms with Crippen molar-refractivity contribution < 1.29 is 34.8 Å². The quantitative estimate of drug-likeness (QED) is 0.142. The number of aliphatic hydroxyl groups excluding tert-OH is 3. The van der Waals surface area contributed by atoms with E-state index in [4.69, 9.17) is 10.5 Å². The second-order valence-corrected chi connectivity index (χ2v) is 13.5. The molecule has 10 heteroatoms. The van der Waals surface area contributed by atoms with E-state index >= 15 is 0 Å². The Kier molecular flexibility index (Phi) is 10.9. The van der Waals surface area contributed by atoms with Crippen LogP contribution in [0.3, 0.4) is 0 Å². The molecule has 0 radical (unpaired) electrons. The zero-order chi connectivity index (χ0) is 33.6. The number of aromatic amines is 1. The molecule has 1 aromatic carbocycles. The van der Waals surface area contributed by atoms with Gasteiger partial charge in [-0.2, -0.15) is 0 Å². The van der Waals surface area contributed by atoms with Gasteiger partial charge in [-0.05, 0) is 73.3 Å². The normalized spacial score (nSPS) is 22.6. The van der Waals surface area contributed by atoms with Gasteiger partial charge in [0.25, 0.3) is 0 Å². The Labute approximate surface area is 276 Å². The summed E-state index contributed by atoms with van der Waals surface area (Å²) in [6.07, 6.45) is 13.1. The van der Waals surface area contributed by atoms with Crippen LogP contribution in [0.4, 0.5) is 0 Å². The Morgan fingerprint density at radius 2 is 1.87 bits per heavy atom.